The van der Waals surface area contributed by atoms with Crippen LogP contribution in [0.15, 0.2) is 18.2 Å². The lowest BCUT2D eigenvalue weighted by Gasteiger charge is -2.27. The van der Waals surface area contributed by atoms with Crippen LogP contribution < -0.4 is 20.5 Å². The van der Waals surface area contributed by atoms with Gasteiger partial charge in [-0.1, -0.05) is 0 Å². The minimum Gasteiger partial charge on any atom is -0.486 e. The summed E-state index contributed by atoms with van der Waals surface area (Å²) in [5.41, 5.74) is 6.73. The van der Waals surface area contributed by atoms with Crippen LogP contribution >= 0.6 is 12.4 Å². The molecule has 0 aliphatic carbocycles. The van der Waals surface area contributed by atoms with Gasteiger partial charge in [0.1, 0.15) is 13.2 Å². The maximum atomic E-state index is 12.2. The van der Waals surface area contributed by atoms with E-state index >= 15 is 0 Å². The lowest BCUT2D eigenvalue weighted by atomic mass is 9.92. The molecule has 2 aliphatic heterocycles. The Bertz CT molecular complexity index is 520. The number of benzene rings is 1. The fourth-order valence-corrected chi connectivity index (χ4v) is 2.64. The number of nitrogens with two attached hydrogens (primary N) is 1. The quantitative estimate of drug-likeness (QED) is 0.880. The van der Waals surface area contributed by atoms with Gasteiger partial charge in [-0.3, -0.25) is 4.79 Å². The third-order valence-corrected chi connectivity index (χ3v) is 3.89. The summed E-state index contributed by atoms with van der Waals surface area (Å²) in [6.07, 6.45) is 1.66. The lowest BCUT2D eigenvalue weighted by Crippen LogP contribution is -2.44. The minimum absolute atomic E-state index is 0. The number of amides is 1. The highest BCUT2D eigenvalue weighted by Gasteiger charge is 2.26. The topological polar surface area (TPSA) is 82.8 Å². The number of ether oxygens (including phenoxy) is 3. The second-order valence-electron chi connectivity index (χ2n) is 5.32. The number of hydrogen-bond acceptors (Lipinski definition) is 5. The average molecular weight is 329 g/mol. The molecule has 1 saturated heterocycles. The summed E-state index contributed by atoms with van der Waals surface area (Å²) in [6.45, 7) is 2.42. The summed E-state index contributed by atoms with van der Waals surface area (Å²) in [4.78, 5) is 12.2. The van der Waals surface area contributed by atoms with Crippen LogP contribution in [-0.2, 0) is 9.53 Å². The third-order valence-electron chi connectivity index (χ3n) is 3.89. The Morgan fingerprint density at radius 3 is 2.55 bits per heavy atom. The van der Waals surface area contributed by atoms with Crippen LogP contribution in [0.3, 0.4) is 0 Å². The summed E-state index contributed by atoms with van der Waals surface area (Å²) in [5.74, 6) is 1.36. The number of fused-ring (bicyclic) bond motifs is 1. The van der Waals surface area contributed by atoms with Gasteiger partial charge in [-0.25, -0.2) is 0 Å². The third kappa shape index (κ3) is 3.82. The number of hydrogen-bond donors (Lipinski definition) is 2. The van der Waals surface area contributed by atoms with E-state index in [1.54, 1.807) is 18.2 Å². The van der Waals surface area contributed by atoms with Crippen molar-refractivity contribution in [3.63, 3.8) is 0 Å². The molecule has 0 spiro atoms. The molecule has 22 heavy (non-hydrogen) atoms. The highest BCUT2D eigenvalue weighted by Crippen LogP contribution is 2.32. The van der Waals surface area contributed by atoms with E-state index in [2.05, 4.69) is 5.32 Å². The Kier molecular flexibility index (Phi) is 5.88. The number of carbonyl (C=O) groups is 1. The largest absolute Gasteiger partial charge is 0.486 e. The van der Waals surface area contributed by atoms with Gasteiger partial charge in [-0.05, 0) is 30.9 Å². The molecule has 2 heterocycles. The number of carbonyl (C=O) groups excluding carboxylic acids is 1. The number of anilines is 1. The number of rotatable bonds is 3. The first-order chi connectivity index (χ1) is 10.2. The van der Waals surface area contributed by atoms with Crippen molar-refractivity contribution in [2.45, 2.75) is 18.9 Å². The van der Waals surface area contributed by atoms with Crippen molar-refractivity contribution in [1.29, 1.82) is 0 Å². The van der Waals surface area contributed by atoms with E-state index < -0.39 is 6.04 Å². The van der Waals surface area contributed by atoms with E-state index in [1.165, 1.54) is 0 Å². The zero-order valence-electron chi connectivity index (χ0n) is 12.2. The number of halogens is 1. The Balaban J connectivity index is 0.00000176. The first-order valence-electron chi connectivity index (χ1n) is 7.28. The molecule has 1 fully saturated rings. The summed E-state index contributed by atoms with van der Waals surface area (Å²) in [7, 11) is 0. The minimum atomic E-state index is -0.512. The first-order valence-corrected chi connectivity index (χ1v) is 7.28. The van der Waals surface area contributed by atoms with Crippen LogP contribution in [0.2, 0.25) is 0 Å². The predicted molar refractivity (Wildman–Crippen MR) is 84.8 cm³/mol. The van der Waals surface area contributed by atoms with Gasteiger partial charge in [-0.2, -0.15) is 0 Å². The molecule has 0 bridgehead atoms. The van der Waals surface area contributed by atoms with Crippen molar-refractivity contribution in [3.8, 4) is 11.5 Å². The van der Waals surface area contributed by atoms with E-state index in [-0.39, 0.29) is 24.2 Å². The molecule has 1 aromatic carbocycles. The smallest absolute Gasteiger partial charge is 0.241 e. The first kappa shape index (κ1) is 16.9. The fourth-order valence-electron chi connectivity index (χ4n) is 2.64. The number of nitrogens with one attached hydrogen (secondary N) is 1. The van der Waals surface area contributed by atoms with E-state index in [9.17, 15) is 4.79 Å². The average Bonchev–Trinajstić information content (AvgIpc) is 2.55. The second kappa shape index (κ2) is 7.67. The van der Waals surface area contributed by atoms with Gasteiger partial charge in [0.05, 0.1) is 6.04 Å². The molecule has 122 valence electrons. The maximum absolute atomic E-state index is 12.2. The van der Waals surface area contributed by atoms with Gasteiger partial charge in [-0.15, -0.1) is 12.4 Å². The summed E-state index contributed by atoms with van der Waals surface area (Å²) < 4.78 is 16.2. The van der Waals surface area contributed by atoms with Crippen molar-refractivity contribution in [2.24, 2.45) is 11.7 Å². The van der Waals surface area contributed by atoms with E-state index in [0.29, 0.717) is 43.6 Å². The summed E-state index contributed by atoms with van der Waals surface area (Å²) in [6, 6.07) is 4.84. The van der Waals surface area contributed by atoms with Crippen molar-refractivity contribution in [2.75, 3.05) is 31.7 Å². The molecule has 3 N–H and O–H groups in total. The van der Waals surface area contributed by atoms with Crippen LogP contribution in [0.5, 0.6) is 11.5 Å². The lowest BCUT2D eigenvalue weighted by molar-refractivity contribution is -0.119. The van der Waals surface area contributed by atoms with Gasteiger partial charge in [0, 0.05) is 25.0 Å². The van der Waals surface area contributed by atoms with E-state index in [4.69, 9.17) is 19.9 Å². The van der Waals surface area contributed by atoms with Crippen molar-refractivity contribution in [1.82, 2.24) is 0 Å². The molecule has 0 saturated carbocycles. The molecule has 1 unspecified atom stereocenters. The highest BCUT2D eigenvalue weighted by atomic mass is 35.5. The molecule has 0 aromatic heterocycles. The van der Waals surface area contributed by atoms with Gasteiger partial charge < -0.3 is 25.3 Å². The zero-order chi connectivity index (χ0) is 14.7. The molecule has 3 rings (SSSR count). The summed E-state index contributed by atoms with van der Waals surface area (Å²) >= 11 is 0. The Morgan fingerprint density at radius 2 is 1.82 bits per heavy atom. The van der Waals surface area contributed by atoms with E-state index in [1.807, 2.05) is 0 Å². The van der Waals surface area contributed by atoms with E-state index in [0.717, 1.165) is 12.8 Å². The van der Waals surface area contributed by atoms with Crippen molar-refractivity contribution < 1.29 is 19.0 Å². The SMILES string of the molecule is Cl.NC(C(=O)Nc1ccc2c(c1)OCCO2)C1CCOCC1. The molecule has 6 nitrogen and oxygen atoms in total. The molecule has 1 amide bonds. The van der Waals surface area contributed by atoms with Crippen LogP contribution in [0.1, 0.15) is 12.8 Å². The maximum Gasteiger partial charge on any atom is 0.241 e. The fraction of sp³-hybridized carbons (Fsp3) is 0.533. The standard InChI is InChI=1S/C15H20N2O4.ClH/c16-14(10-3-5-19-6-4-10)15(18)17-11-1-2-12-13(9-11)21-8-7-20-12;/h1-2,9-10,14H,3-8,16H2,(H,17,18);1H. The molecule has 1 aromatic rings. The van der Waals surface area contributed by atoms with Crippen molar-refractivity contribution in [3.05, 3.63) is 18.2 Å². The summed E-state index contributed by atoms with van der Waals surface area (Å²) in [5, 5.41) is 2.85. The molecule has 2 aliphatic rings. The van der Waals surface area contributed by atoms with Crippen molar-refractivity contribution >= 4 is 24.0 Å². The molecular weight excluding hydrogens is 308 g/mol. The monoisotopic (exact) mass is 328 g/mol. The van der Waals surface area contributed by atoms with Crippen LogP contribution in [-0.4, -0.2) is 38.4 Å². The Morgan fingerprint density at radius 1 is 1.14 bits per heavy atom. The molecule has 0 radical (unpaired) electrons. The highest BCUT2D eigenvalue weighted by molar-refractivity contribution is 5.95. The molecular formula is C15H21ClN2O4. The predicted octanol–water partition coefficient (Wildman–Crippen LogP) is 1.57. The van der Waals surface area contributed by atoms with Gasteiger partial charge >= 0.3 is 0 Å². The van der Waals surface area contributed by atoms with Crippen LogP contribution in [0, 0.1) is 5.92 Å². The van der Waals surface area contributed by atoms with Crippen LogP contribution in [0.4, 0.5) is 5.69 Å². The van der Waals surface area contributed by atoms with Crippen LogP contribution in [0.25, 0.3) is 0 Å². The second-order valence-corrected chi connectivity index (χ2v) is 5.32. The molecule has 7 heteroatoms. The van der Waals surface area contributed by atoms with Gasteiger partial charge in [0.2, 0.25) is 5.91 Å². The Labute approximate surface area is 135 Å². The van der Waals surface area contributed by atoms with Gasteiger partial charge in [0.25, 0.3) is 0 Å². The normalized spacial score (nSPS) is 19.0. The zero-order valence-corrected chi connectivity index (χ0v) is 13.1. The molecule has 1 atom stereocenters. The Hall–Kier alpha value is -1.50. The van der Waals surface area contributed by atoms with Gasteiger partial charge in [0.15, 0.2) is 11.5 Å².